The van der Waals surface area contributed by atoms with Crippen LogP contribution < -0.4 is 11.0 Å². The highest BCUT2D eigenvalue weighted by molar-refractivity contribution is 5.80. The molecule has 0 radical (unpaired) electrons. The zero-order chi connectivity index (χ0) is 16.8. The minimum atomic E-state index is -0.309. The molecular formula is C17H15N5O2. The summed E-state index contributed by atoms with van der Waals surface area (Å²) < 4.78 is 0. The second-order valence-electron chi connectivity index (χ2n) is 5.07. The van der Waals surface area contributed by atoms with Gasteiger partial charge in [-0.15, -0.1) is 10.2 Å². The molecule has 3 aromatic rings. The van der Waals surface area contributed by atoms with Crippen molar-refractivity contribution in [3.8, 4) is 5.75 Å². The summed E-state index contributed by atoms with van der Waals surface area (Å²) in [5.74, 6) is 0.344. The Bertz CT molecular complexity index is 889. The fourth-order valence-electron chi connectivity index (χ4n) is 2.04. The second-order valence-corrected chi connectivity index (χ2v) is 5.07. The molecule has 1 heterocycles. The first kappa shape index (κ1) is 15.4. The number of anilines is 1. The van der Waals surface area contributed by atoms with Crippen molar-refractivity contribution in [1.29, 1.82) is 0 Å². The molecule has 1 aromatic heterocycles. The van der Waals surface area contributed by atoms with E-state index in [0.717, 1.165) is 11.1 Å². The molecule has 7 nitrogen and oxygen atoms in total. The molecular weight excluding hydrogens is 306 g/mol. The molecule has 24 heavy (non-hydrogen) atoms. The van der Waals surface area contributed by atoms with Crippen molar-refractivity contribution in [2.24, 2.45) is 5.10 Å². The number of phenols is 1. The number of hydrogen-bond donors (Lipinski definition) is 3. The Morgan fingerprint density at radius 2 is 1.83 bits per heavy atom. The van der Waals surface area contributed by atoms with E-state index in [1.165, 1.54) is 6.21 Å². The van der Waals surface area contributed by atoms with Crippen LogP contribution in [0, 0.1) is 0 Å². The van der Waals surface area contributed by atoms with Gasteiger partial charge in [0, 0.05) is 6.42 Å². The van der Waals surface area contributed by atoms with Gasteiger partial charge < -0.3 is 5.11 Å². The minimum Gasteiger partial charge on any atom is -0.508 e. The molecule has 0 spiro atoms. The molecule has 120 valence electrons. The Labute approximate surface area is 137 Å². The molecule has 0 aliphatic rings. The summed E-state index contributed by atoms with van der Waals surface area (Å²) in [5, 5.41) is 21.0. The SMILES string of the molecule is O=c1[nH]c(N/N=C\c2ccc(O)cc2)nnc1Cc1ccccc1. The summed E-state index contributed by atoms with van der Waals surface area (Å²) in [4.78, 5) is 14.6. The van der Waals surface area contributed by atoms with Gasteiger partial charge in [0.1, 0.15) is 11.4 Å². The van der Waals surface area contributed by atoms with Gasteiger partial charge in [-0.3, -0.25) is 9.78 Å². The number of rotatable bonds is 5. The van der Waals surface area contributed by atoms with Gasteiger partial charge in [-0.25, -0.2) is 5.43 Å². The number of nitrogens with one attached hydrogen (secondary N) is 2. The van der Waals surface area contributed by atoms with Gasteiger partial charge >= 0.3 is 0 Å². The Morgan fingerprint density at radius 1 is 1.08 bits per heavy atom. The van der Waals surface area contributed by atoms with E-state index in [0.29, 0.717) is 12.1 Å². The number of hydrazone groups is 1. The number of H-pyrrole nitrogens is 1. The number of aromatic amines is 1. The van der Waals surface area contributed by atoms with Crippen LogP contribution in [0.5, 0.6) is 5.75 Å². The predicted octanol–water partition coefficient (Wildman–Crippen LogP) is 1.91. The van der Waals surface area contributed by atoms with Gasteiger partial charge in [-0.05, 0) is 35.4 Å². The first-order valence-corrected chi connectivity index (χ1v) is 7.28. The molecule has 0 atom stereocenters. The summed E-state index contributed by atoms with van der Waals surface area (Å²) >= 11 is 0. The monoisotopic (exact) mass is 321 g/mol. The van der Waals surface area contributed by atoms with E-state index in [1.807, 2.05) is 30.3 Å². The number of nitrogens with zero attached hydrogens (tertiary/aromatic N) is 3. The van der Waals surface area contributed by atoms with Crippen LogP contribution in [0.15, 0.2) is 64.5 Å². The maximum Gasteiger partial charge on any atom is 0.274 e. The second kappa shape index (κ2) is 7.19. The molecule has 2 aromatic carbocycles. The fraction of sp³-hybridized carbons (Fsp3) is 0.0588. The maximum atomic E-state index is 12.0. The number of aromatic nitrogens is 3. The Hall–Kier alpha value is -3.48. The van der Waals surface area contributed by atoms with Crippen molar-refractivity contribution in [3.05, 3.63) is 81.8 Å². The first-order chi connectivity index (χ1) is 11.7. The lowest BCUT2D eigenvalue weighted by Gasteiger charge is -2.01. The minimum absolute atomic E-state index is 0.159. The highest BCUT2D eigenvalue weighted by Gasteiger charge is 2.05. The summed E-state index contributed by atoms with van der Waals surface area (Å²) in [5.41, 5.74) is 4.43. The van der Waals surface area contributed by atoms with E-state index in [-0.39, 0.29) is 17.3 Å². The van der Waals surface area contributed by atoms with Crippen molar-refractivity contribution in [3.63, 3.8) is 0 Å². The average Bonchev–Trinajstić information content (AvgIpc) is 2.60. The molecule has 0 bridgehead atoms. The van der Waals surface area contributed by atoms with Crippen molar-refractivity contribution in [2.45, 2.75) is 6.42 Å². The van der Waals surface area contributed by atoms with Crippen LogP contribution in [0.1, 0.15) is 16.8 Å². The number of hydrogen-bond acceptors (Lipinski definition) is 6. The van der Waals surface area contributed by atoms with Crippen LogP contribution in [0.25, 0.3) is 0 Å². The lowest BCUT2D eigenvalue weighted by Crippen LogP contribution is -2.18. The van der Waals surface area contributed by atoms with Gasteiger partial charge in [0.15, 0.2) is 0 Å². The molecule has 7 heteroatoms. The van der Waals surface area contributed by atoms with Gasteiger partial charge in [-0.2, -0.15) is 5.10 Å². The van der Waals surface area contributed by atoms with Gasteiger partial charge in [0.2, 0.25) is 5.95 Å². The molecule has 0 aliphatic carbocycles. The van der Waals surface area contributed by atoms with E-state index in [1.54, 1.807) is 24.3 Å². The zero-order valence-electron chi connectivity index (χ0n) is 12.7. The Kier molecular flexibility index (Phi) is 4.62. The van der Waals surface area contributed by atoms with Gasteiger partial charge in [0.05, 0.1) is 6.21 Å². The molecule has 0 saturated heterocycles. The van der Waals surface area contributed by atoms with Crippen molar-refractivity contribution in [1.82, 2.24) is 15.2 Å². The molecule has 0 aliphatic heterocycles. The summed E-state index contributed by atoms with van der Waals surface area (Å²) in [7, 11) is 0. The third-order valence-electron chi connectivity index (χ3n) is 3.26. The third-order valence-corrected chi connectivity index (χ3v) is 3.26. The van der Waals surface area contributed by atoms with Crippen LogP contribution in [0.3, 0.4) is 0 Å². The largest absolute Gasteiger partial charge is 0.508 e. The highest BCUT2D eigenvalue weighted by Crippen LogP contribution is 2.08. The lowest BCUT2D eigenvalue weighted by atomic mass is 10.1. The quantitative estimate of drug-likeness (QED) is 0.492. The molecule has 3 rings (SSSR count). The molecule has 0 fully saturated rings. The smallest absolute Gasteiger partial charge is 0.274 e. The number of phenolic OH excluding ortho intramolecular Hbond substituents is 1. The van der Waals surface area contributed by atoms with Crippen molar-refractivity contribution >= 4 is 12.2 Å². The molecule has 0 amide bonds. The average molecular weight is 321 g/mol. The van der Waals surface area contributed by atoms with Crippen molar-refractivity contribution < 1.29 is 5.11 Å². The molecule has 3 N–H and O–H groups in total. The van der Waals surface area contributed by atoms with Gasteiger partial charge in [-0.1, -0.05) is 30.3 Å². The highest BCUT2D eigenvalue weighted by atomic mass is 16.3. The predicted molar refractivity (Wildman–Crippen MR) is 91.2 cm³/mol. The van der Waals surface area contributed by atoms with Crippen LogP contribution in [0.2, 0.25) is 0 Å². The van der Waals surface area contributed by atoms with Crippen molar-refractivity contribution in [2.75, 3.05) is 5.43 Å². The van der Waals surface area contributed by atoms with E-state index in [2.05, 4.69) is 25.7 Å². The number of aromatic hydroxyl groups is 1. The van der Waals surface area contributed by atoms with E-state index in [9.17, 15) is 9.90 Å². The molecule has 0 unspecified atom stereocenters. The standard InChI is InChI=1S/C17H15N5O2/c23-14-8-6-13(7-9-14)11-18-21-17-19-16(24)15(20-22-17)10-12-4-2-1-3-5-12/h1-9,11,23H,10H2,(H2,19,21,22,24)/b18-11-. The number of benzene rings is 2. The summed E-state index contributed by atoms with van der Waals surface area (Å²) in [6.07, 6.45) is 1.96. The summed E-state index contributed by atoms with van der Waals surface area (Å²) in [6.45, 7) is 0. The van der Waals surface area contributed by atoms with Gasteiger partial charge in [0.25, 0.3) is 5.56 Å². The topological polar surface area (TPSA) is 103 Å². The van der Waals surface area contributed by atoms with E-state index in [4.69, 9.17) is 0 Å². The third kappa shape index (κ3) is 4.04. The van der Waals surface area contributed by atoms with Crippen LogP contribution >= 0.6 is 0 Å². The van der Waals surface area contributed by atoms with E-state index < -0.39 is 0 Å². The molecule has 0 saturated carbocycles. The van der Waals surface area contributed by atoms with Crippen LogP contribution in [-0.4, -0.2) is 26.5 Å². The van der Waals surface area contributed by atoms with Crippen LogP contribution in [0.4, 0.5) is 5.95 Å². The van der Waals surface area contributed by atoms with E-state index >= 15 is 0 Å². The normalized spacial score (nSPS) is 10.8. The Morgan fingerprint density at radius 3 is 2.54 bits per heavy atom. The first-order valence-electron chi connectivity index (χ1n) is 7.28. The Balaban J connectivity index is 1.66. The lowest BCUT2D eigenvalue weighted by molar-refractivity contribution is 0.475. The zero-order valence-corrected chi connectivity index (χ0v) is 12.7. The fourth-order valence-corrected chi connectivity index (χ4v) is 2.04. The maximum absolute atomic E-state index is 12.0. The van der Waals surface area contributed by atoms with Crippen LogP contribution in [-0.2, 0) is 6.42 Å². The summed E-state index contributed by atoms with van der Waals surface area (Å²) in [6, 6.07) is 16.1.